The van der Waals surface area contributed by atoms with Crippen LogP contribution in [0.4, 0.5) is 5.95 Å². The molecule has 0 aromatic carbocycles. The van der Waals surface area contributed by atoms with Crippen molar-refractivity contribution < 1.29 is 4.74 Å². The van der Waals surface area contributed by atoms with Crippen molar-refractivity contribution >= 4 is 5.95 Å². The maximum absolute atomic E-state index is 5.29. The van der Waals surface area contributed by atoms with E-state index in [0.717, 1.165) is 45.2 Å². The normalized spacial score (nSPS) is 10.8. The molecule has 0 spiro atoms. The lowest BCUT2D eigenvalue weighted by atomic mass is 10.4. The Bertz CT molecular complexity index is 452. The maximum atomic E-state index is 5.29. The van der Waals surface area contributed by atoms with Crippen LogP contribution in [0.1, 0.15) is 13.3 Å². The van der Waals surface area contributed by atoms with Crippen LogP contribution in [0, 0.1) is 0 Å². The van der Waals surface area contributed by atoms with Crippen molar-refractivity contribution in [1.29, 1.82) is 0 Å². The molecular formula is C12H20N6O. The van der Waals surface area contributed by atoms with Crippen LogP contribution in [0.15, 0.2) is 24.8 Å². The first-order valence-corrected chi connectivity index (χ1v) is 6.57. The second-order valence-corrected chi connectivity index (χ2v) is 4.09. The van der Waals surface area contributed by atoms with E-state index in [1.165, 1.54) is 0 Å². The number of aryl methyl sites for hydroxylation is 2. The molecule has 7 nitrogen and oxygen atoms in total. The van der Waals surface area contributed by atoms with E-state index in [1.54, 1.807) is 17.1 Å². The minimum absolute atomic E-state index is 0.770. The average Bonchev–Trinajstić information content (AvgIpc) is 3.07. The Morgan fingerprint density at radius 3 is 3.00 bits per heavy atom. The molecule has 2 aromatic heterocycles. The molecule has 0 saturated heterocycles. The molecule has 2 heterocycles. The molecule has 104 valence electrons. The van der Waals surface area contributed by atoms with Gasteiger partial charge in [-0.15, -0.1) is 5.10 Å². The quantitative estimate of drug-likeness (QED) is 0.685. The highest BCUT2D eigenvalue weighted by atomic mass is 16.5. The van der Waals surface area contributed by atoms with Gasteiger partial charge in [0.25, 0.3) is 0 Å². The van der Waals surface area contributed by atoms with Gasteiger partial charge in [0.05, 0.1) is 12.7 Å². The Morgan fingerprint density at radius 2 is 2.21 bits per heavy atom. The number of rotatable bonds is 9. The van der Waals surface area contributed by atoms with Gasteiger partial charge >= 0.3 is 0 Å². The number of ether oxygens (including phenoxy) is 1. The summed E-state index contributed by atoms with van der Waals surface area (Å²) in [5.74, 6) is 0.886. The monoisotopic (exact) mass is 264 g/mol. The van der Waals surface area contributed by atoms with E-state index in [4.69, 9.17) is 4.74 Å². The highest BCUT2D eigenvalue weighted by Gasteiger charge is 2.02. The number of hydrogen-bond donors (Lipinski definition) is 1. The van der Waals surface area contributed by atoms with Gasteiger partial charge < -0.3 is 14.6 Å². The first-order chi connectivity index (χ1) is 9.40. The van der Waals surface area contributed by atoms with Gasteiger partial charge in [0.1, 0.15) is 0 Å². The van der Waals surface area contributed by atoms with Crippen LogP contribution in [-0.2, 0) is 17.8 Å². The molecule has 0 aliphatic rings. The van der Waals surface area contributed by atoms with E-state index in [1.807, 2.05) is 19.3 Å². The zero-order valence-corrected chi connectivity index (χ0v) is 11.2. The molecule has 0 saturated carbocycles. The fourth-order valence-corrected chi connectivity index (χ4v) is 1.74. The smallest absolute Gasteiger partial charge is 0.202 e. The summed E-state index contributed by atoms with van der Waals surface area (Å²) in [7, 11) is 0. The average molecular weight is 264 g/mol. The van der Waals surface area contributed by atoms with Gasteiger partial charge in [-0.1, -0.05) is 5.21 Å². The van der Waals surface area contributed by atoms with Crippen molar-refractivity contribution in [3.63, 3.8) is 0 Å². The van der Waals surface area contributed by atoms with Gasteiger partial charge in [-0.2, -0.15) is 0 Å². The zero-order valence-electron chi connectivity index (χ0n) is 11.2. The second kappa shape index (κ2) is 7.52. The molecule has 0 amide bonds. The third-order valence-electron chi connectivity index (χ3n) is 2.71. The summed E-state index contributed by atoms with van der Waals surface area (Å²) >= 11 is 0. The molecule has 7 heteroatoms. The minimum Gasteiger partial charge on any atom is -0.382 e. The van der Waals surface area contributed by atoms with Crippen molar-refractivity contribution in [2.75, 3.05) is 25.1 Å². The van der Waals surface area contributed by atoms with Crippen LogP contribution >= 0.6 is 0 Å². The highest BCUT2D eigenvalue weighted by molar-refractivity contribution is 5.25. The van der Waals surface area contributed by atoms with Crippen LogP contribution in [0.25, 0.3) is 0 Å². The zero-order chi connectivity index (χ0) is 13.3. The molecule has 1 N–H and O–H groups in total. The summed E-state index contributed by atoms with van der Waals surface area (Å²) in [5.41, 5.74) is 0. The first kappa shape index (κ1) is 13.5. The number of nitrogens with zero attached hydrogens (tertiary/aromatic N) is 5. The first-order valence-electron chi connectivity index (χ1n) is 6.57. The Labute approximate surface area is 112 Å². The fraction of sp³-hybridized carbons (Fsp3) is 0.583. The molecule has 19 heavy (non-hydrogen) atoms. The topological polar surface area (TPSA) is 69.8 Å². The number of anilines is 1. The van der Waals surface area contributed by atoms with Crippen LogP contribution in [0.2, 0.25) is 0 Å². The molecule has 0 radical (unpaired) electrons. The Kier molecular flexibility index (Phi) is 5.36. The SMILES string of the molecule is CCOCCCNc1nccn1CCn1ccnn1. The van der Waals surface area contributed by atoms with Crippen LogP contribution in [-0.4, -0.2) is 44.3 Å². The van der Waals surface area contributed by atoms with Gasteiger partial charge in [-0.3, -0.25) is 4.68 Å². The van der Waals surface area contributed by atoms with Gasteiger partial charge in [0.15, 0.2) is 0 Å². The summed E-state index contributed by atoms with van der Waals surface area (Å²) in [5, 5.41) is 11.0. The summed E-state index contributed by atoms with van der Waals surface area (Å²) in [4.78, 5) is 4.30. The molecule has 0 unspecified atom stereocenters. The van der Waals surface area contributed by atoms with Gasteiger partial charge in [-0.25, -0.2) is 4.98 Å². The molecule has 2 aromatic rings. The van der Waals surface area contributed by atoms with E-state index >= 15 is 0 Å². The predicted octanol–water partition coefficient (Wildman–Crippen LogP) is 1.01. The molecule has 0 aliphatic carbocycles. The lowest BCUT2D eigenvalue weighted by Gasteiger charge is -2.09. The number of hydrogen-bond acceptors (Lipinski definition) is 5. The Hall–Kier alpha value is -1.89. The maximum Gasteiger partial charge on any atom is 0.202 e. The number of aromatic nitrogens is 5. The van der Waals surface area contributed by atoms with Crippen LogP contribution < -0.4 is 5.32 Å². The largest absolute Gasteiger partial charge is 0.382 e. The lowest BCUT2D eigenvalue weighted by Crippen LogP contribution is -2.13. The van der Waals surface area contributed by atoms with Gasteiger partial charge in [0, 0.05) is 44.9 Å². The number of nitrogens with one attached hydrogen (secondary N) is 1. The Balaban J connectivity index is 1.74. The van der Waals surface area contributed by atoms with Gasteiger partial charge in [0.2, 0.25) is 5.95 Å². The summed E-state index contributed by atoms with van der Waals surface area (Å²) in [6.07, 6.45) is 8.27. The Morgan fingerprint density at radius 1 is 1.26 bits per heavy atom. The van der Waals surface area contributed by atoms with Crippen molar-refractivity contribution in [1.82, 2.24) is 24.5 Å². The van der Waals surface area contributed by atoms with E-state index in [2.05, 4.69) is 25.2 Å². The lowest BCUT2D eigenvalue weighted by molar-refractivity contribution is 0.147. The highest BCUT2D eigenvalue weighted by Crippen LogP contribution is 2.04. The molecule has 0 atom stereocenters. The third-order valence-corrected chi connectivity index (χ3v) is 2.71. The van der Waals surface area contributed by atoms with Gasteiger partial charge in [-0.05, 0) is 13.3 Å². The third kappa shape index (κ3) is 4.36. The van der Waals surface area contributed by atoms with E-state index < -0.39 is 0 Å². The van der Waals surface area contributed by atoms with Crippen molar-refractivity contribution in [2.45, 2.75) is 26.4 Å². The van der Waals surface area contributed by atoms with E-state index in [0.29, 0.717) is 0 Å². The van der Waals surface area contributed by atoms with E-state index in [9.17, 15) is 0 Å². The summed E-state index contributed by atoms with van der Waals surface area (Å²) in [6.45, 7) is 6.02. The van der Waals surface area contributed by atoms with Crippen molar-refractivity contribution in [3.8, 4) is 0 Å². The summed E-state index contributed by atoms with van der Waals surface area (Å²) < 4.78 is 9.17. The molecule has 0 bridgehead atoms. The van der Waals surface area contributed by atoms with Crippen LogP contribution in [0.3, 0.4) is 0 Å². The van der Waals surface area contributed by atoms with E-state index in [-0.39, 0.29) is 0 Å². The molecule has 2 rings (SSSR count). The minimum atomic E-state index is 0.770. The molecule has 0 fully saturated rings. The molecule has 0 aliphatic heterocycles. The fourth-order valence-electron chi connectivity index (χ4n) is 1.74. The standard InChI is InChI=1S/C12H20N6O/c1-2-19-11-3-4-13-12-14-5-7-17(12)9-10-18-8-6-15-16-18/h5-8H,2-4,9-11H2,1H3,(H,13,14). The summed E-state index contributed by atoms with van der Waals surface area (Å²) in [6, 6.07) is 0. The van der Waals surface area contributed by atoms with Crippen molar-refractivity contribution in [3.05, 3.63) is 24.8 Å². The number of imidazole rings is 1. The molecular weight excluding hydrogens is 244 g/mol. The second-order valence-electron chi connectivity index (χ2n) is 4.09. The van der Waals surface area contributed by atoms with Crippen LogP contribution in [0.5, 0.6) is 0 Å². The van der Waals surface area contributed by atoms with Crippen molar-refractivity contribution in [2.24, 2.45) is 0 Å². The predicted molar refractivity (Wildman–Crippen MR) is 71.8 cm³/mol.